The second kappa shape index (κ2) is 4.98. The van der Waals surface area contributed by atoms with Crippen LogP contribution in [0.15, 0.2) is 18.2 Å². The number of halogens is 2. The summed E-state index contributed by atoms with van der Waals surface area (Å²) in [5, 5.41) is 0.251. The van der Waals surface area contributed by atoms with Crippen molar-refractivity contribution in [1.29, 1.82) is 0 Å². The van der Waals surface area contributed by atoms with Gasteiger partial charge in [-0.25, -0.2) is 9.18 Å². The maximum atomic E-state index is 13.5. The summed E-state index contributed by atoms with van der Waals surface area (Å²) >= 11 is 5.78. The molecular formula is C10H10ClFO3. The molecule has 0 saturated carbocycles. The van der Waals surface area contributed by atoms with E-state index >= 15 is 0 Å². The fraction of sp³-hybridized carbons (Fsp3) is 0.300. The average Bonchev–Trinajstić information content (AvgIpc) is 2.26. The highest BCUT2D eigenvalue weighted by atomic mass is 35.5. The molecule has 1 atom stereocenters. The Hall–Kier alpha value is -1.29. The van der Waals surface area contributed by atoms with Crippen molar-refractivity contribution in [3.8, 4) is 5.75 Å². The smallest absolute Gasteiger partial charge is 0.345 e. The van der Waals surface area contributed by atoms with Gasteiger partial charge in [-0.05, 0) is 6.07 Å². The van der Waals surface area contributed by atoms with Crippen LogP contribution in [-0.2, 0) is 9.53 Å². The van der Waals surface area contributed by atoms with Gasteiger partial charge in [-0.2, -0.15) is 0 Å². The van der Waals surface area contributed by atoms with Crippen LogP contribution in [-0.4, -0.2) is 20.2 Å². The monoisotopic (exact) mass is 232 g/mol. The Morgan fingerprint density at radius 3 is 2.67 bits per heavy atom. The lowest BCUT2D eigenvalue weighted by Crippen LogP contribution is -2.10. The zero-order valence-electron chi connectivity index (χ0n) is 8.29. The summed E-state index contributed by atoms with van der Waals surface area (Å²) in [5.74, 6) is -0.826. The lowest BCUT2D eigenvalue weighted by atomic mass is 10.1. The van der Waals surface area contributed by atoms with Crippen LogP contribution in [0.1, 0.15) is 11.7 Å². The molecule has 0 fully saturated rings. The Labute approximate surface area is 91.7 Å². The number of rotatable bonds is 3. The van der Waals surface area contributed by atoms with Crippen LogP contribution in [0, 0.1) is 0 Å². The van der Waals surface area contributed by atoms with Gasteiger partial charge >= 0.3 is 5.97 Å². The van der Waals surface area contributed by atoms with Crippen LogP contribution in [0.3, 0.4) is 0 Å². The molecule has 0 N–H and O–H groups in total. The van der Waals surface area contributed by atoms with Gasteiger partial charge in [0.15, 0.2) is 0 Å². The summed E-state index contributed by atoms with van der Waals surface area (Å²) in [6, 6.07) is 4.51. The largest absolute Gasteiger partial charge is 0.495 e. The Bertz CT molecular complexity index is 368. The van der Waals surface area contributed by atoms with E-state index in [0.717, 1.165) is 7.11 Å². The van der Waals surface area contributed by atoms with E-state index in [0.29, 0.717) is 0 Å². The SMILES string of the molecule is COC(=O)C(F)c1cccc(Cl)c1OC. The van der Waals surface area contributed by atoms with Crippen LogP contribution in [0.5, 0.6) is 5.75 Å². The summed E-state index contributed by atoms with van der Waals surface area (Å²) in [7, 11) is 2.47. The van der Waals surface area contributed by atoms with E-state index in [1.807, 2.05) is 0 Å². The van der Waals surface area contributed by atoms with Gasteiger partial charge in [0.05, 0.1) is 19.2 Å². The third-order valence-corrected chi connectivity index (χ3v) is 2.18. The molecule has 1 aromatic rings. The van der Waals surface area contributed by atoms with Crippen molar-refractivity contribution in [2.75, 3.05) is 14.2 Å². The van der Waals surface area contributed by atoms with E-state index < -0.39 is 12.1 Å². The van der Waals surface area contributed by atoms with Gasteiger partial charge in [0.25, 0.3) is 0 Å². The van der Waals surface area contributed by atoms with Crippen LogP contribution in [0.2, 0.25) is 5.02 Å². The number of para-hydroxylation sites is 1. The summed E-state index contributed by atoms with van der Waals surface area (Å²) in [5.41, 5.74) is 0.0665. The Morgan fingerprint density at radius 1 is 1.47 bits per heavy atom. The Kier molecular flexibility index (Phi) is 3.91. The van der Waals surface area contributed by atoms with Gasteiger partial charge in [0.2, 0.25) is 6.17 Å². The standard InChI is InChI=1S/C10H10ClFO3/c1-14-9-6(4-3-5-7(9)11)8(12)10(13)15-2/h3-5,8H,1-2H3. The van der Waals surface area contributed by atoms with Crippen molar-refractivity contribution in [3.63, 3.8) is 0 Å². The molecule has 1 rings (SSSR count). The molecule has 0 heterocycles. The highest BCUT2D eigenvalue weighted by molar-refractivity contribution is 6.32. The molecule has 0 aliphatic heterocycles. The molecule has 0 radical (unpaired) electrons. The van der Waals surface area contributed by atoms with Gasteiger partial charge in [0.1, 0.15) is 5.75 Å². The van der Waals surface area contributed by atoms with E-state index in [4.69, 9.17) is 16.3 Å². The second-order valence-electron chi connectivity index (χ2n) is 2.75. The van der Waals surface area contributed by atoms with Gasteiger partial charge < -0.3 is 9.47 Å². The van der Waals surface area contributed by atoms with Gasteiger partial charge in [-0.15, -0.1) is 0 Å². The van der Waals surface area contributed by atoms with E-state index in [1.54, 1.807) is 6.07 Å². The number of benzene rings is 1. The Balaban J connectivity index is 3.13. The van der Waals surface area contributed by atoms with Crippen molar-refractivity contribution in [1.82, 2.24) is 0 Å². The van der Waals surface area contributed by atoms with Crippen molar-refractivity contribution < 1.29 is 18.7 Å². The average molecular weight is 233 g/mol. The van der Waals surface area contributed by atoms with Crippen LogP contribution in [0.25, 0.3) is 0 Å². The van der Waals surface area contributed by atoms with Gasteiger partial charge in [-0.1, -0.05) is 23.7 Å². The molecule has 1 aromatic carbocycles. The third-order valence-electron chi connectivity index (χ3n) is 1.88. The molecule has 5 heteroatoms. The Morgan fingerprint density at radius 2 is 2.13 bits per heavy atom. The molecule has 0 spiro atoms. The minimum atomic E-state index is -1.89. The molecule has 0 bridgehead atoms. The molecule has 0 aromatic heterocycles. The molecule has 0 aliphatic rings. The minimum Gasteiger partial charge on any atom is -0.495 e. The van der Waals surface area contributed by atoms with E-state index in [9.17, 15) is 9.18 Å². The van der Waals surface area contributed by atoms with Crippen LogP contribution in [0.4, 0.5) is 4.39 Å². The zero-order valence-corrected chi connectivity index (χ0v) is 9.05. The molecule has 0 aliphatic carbocycles. The van der Waals surface area contributed by atoms with Gasteiger partial charge in [0, 0.05) is 5.56 Å². The van der Waals surface area contributed by atoms with E-state index in [1.165, 1.54) is 19.2 Å². The van der Waals surface area contributed by atoms with Crippen molar-refractivity contribution in [3.05, 3.63) is 28.8 Å². The topological polar surface area (TPSA) is 35.5 Å². The first-order valence-corrected chi connectivity index (χ1v) is 4.54. The van der Waals surface area contributed by atoms with E-state index in [2.05, 4.69) is 4.74 Å². The number of alkyl halides is 1. The number of hydrogen-bond acceptors (Lipinski definition) is 3. The molecule has 0 amide bonds. The first-order chi connectivity index (χ1) is 7.11. The lowest BCUT2D eigenvalue weighted by molar-refractivity contribution is -0.146. The molecule has 0 saturated heterocycles. The molecular weight excluding hydrogens is 223 g/mol. The van der Waals surface area contributed by atoms with Crippen molar-refractivity contribution in [2.24, 2.45) is 0 Å². The summed E-state index contributed by atoms with van der Waals surface area (Å²) in [6.45, 7) is 0. The summed E-state index contributed by atoms with van der Waals surface area (Å²) < 4.78 is 22.7. The predicted octanol–water partition coefficient (Wildman–Crippen LogP) is 2.53. The molecule has 82 valence electrons. The third kappa shape index (κ3) is 2.39. The lowest BCUT2D eigenvalue weighted by Gasteiger charge is -2.12. The van der Waals surface area contributed by atoms with Crippen LogP contribution < -0.4 is 4.74 Å². The molecule has 3 nitrogen and oxygen atoms in total. The number of esters is 1. The van der Waals surface area contributed by atoms with Gasteiger partial charge in [-0.3, -0.25) is 0 Å². The molecule has 1 unspecified atom stereocenters. The molecule has 15 heavy (non-hydrogen) atoms. The number of methoxy groups -OCH3 is 2. The summed E-state index contributed by atoms with van der Waals surface area (Å²) in [4.78, 5) is 11.0. The first-order valence-electron chi connectivity index (χ1n) is 4.16. The number of carbonyl (C=O) groups is 1. The maximum Gasteiger partial charge on any atom is 0.345 e. The number of ether oxygens (including phenoxy) is 2. The van der Waals surface area contributed by atoms with Crippen molar-refractivity contribution >= 4 is 17.6 Å². The van der Waals surface area contributed by atoms with Crippen LogP contribution >= 0.6 is 11.6 Å². The quantitative estimate of drug-likeness (QED) is 0.752. The number of hydrogen-bond donors (Lipinski definition) is 0. The van der Waals surface area contributed by atoms with E-state index in [-0.39, 0.29) is 16.3 Å². The van der Waals surface area contributed by atoms with Crippen molar-refractivity contribution in [2.45, 2.75) is 6.17 Å². The predicted molar refractivity (Wildman–Crippen MR) is 53.9 cm³/mol. The number of carbonyl (C=O) groups excluding carboxylic acids is 1. The minimum absolute atomic E-state index is 0.0665. The normalized spacial score (nSPS) is 12.0. The second-order valence-corrected chi connectivity index (χ2v) is 3.16. The fourth-order valence-electron chi connectivity index (χ4n) is 1.17. The highest BCUT2D eigenvalue weighted by Gasteiger charge is 2.25. The highest BCUT2D eigenvalue weighted by Crippen LogP contribution is 2.34. The first kappa shape index (κ1) is 11.8. The fourth-order valence-corrected chi connectivity index (χ4v) is 1.43. The summed E-state index contributed by atoms with van der Waals surface area (Å²) in [6.07, 6.45) is -1.89. The zero-order chi connectivity index (χ0) is 11.4. The maximum absolute atomic E-state index is 13.5.